The number of fused-ring (bicyclic) bond motifs is 4. The molecule has 1 N–H and O–H groups in total. The van der Waals surface area contributed by atoms with Gasteiger partial charge in [-0.05, 0) is 52.9 Å². The number of nitro groups is 1. The average molecular weight is 466 g/mol. The highest BCUT2D eigenvalue weighted by atomic mass is 16.6. The lowest BCUT2D eigenvalue weighted by molar-refractivity contribution is -0.384. The van der Waals surface area contributed by atoms with Crippen molar-refractivity contribution in [1.82, 2.24) is 9.88 Å². The third-order valence-corrected chi connectivity index (χ3v) is 6.85. The van der Waals surface area contributed by atoms with Crippen LogP contribution < -0.4 is 4.74 Å². The fourth-order valence-electron chi connectivity index (χ4n) is 5.21. The fourth-order valence-corrected chi connectivity index (χ4v) is 5.21. The SMILES string of the molecule is O=C(/C=C/c1cccc([N+](=O)[O-])c1)N1CCc2c([nH]c3ccccc23)[C@@H]1c1ccc2c(c1)CCO2. The third kappa shape index (κ3) is 3.75. The molecule has 2 aliphatic rings. The van der Waals surface area contributed by atoms with Crippen LogP contribution in [0, 0.1) is 10.1 Å². The Labute approximate surface area is 201 Å². The van der Waals surface area contributed by atoms with Crippen LogP contribution in [0.1, 0.15) is 34.0 Å². The number of aromatic nitrogens is 1. The summed E-state index contributed by atoms with van der Waals surface area (Å²) < 4.78 is 5.70. The lowest BCUT2D eigenvalue weighted by atomic mass is 9.91. The molecule has 0 saturated carbocycles. The van der Waals surface area contributed by atoms with Gasteiger partial charge in [-0.3, -0.25) is 14.9 Å². The molecule has 0 saturated heterocycles. The maximum Gasteiger partial charge on any atom is 0.270 e. The van der Waals surface area contributed by atoms with E-state index in [0.29, 0.717) is 18.7 Å². The van der Waals surface area contributed by atoms with Gasteiger partial charge < -0.3 is 14.6 Å². The molecule has 2 aliphatic heterocycles. The van der Waals surface area contributed by atoms with Crippen LogP contribution in [-0.4, -0.2) is 33.9 Å². The lowest BCUT2D eigenvalue weighted by Gasteiger charge is -2.36. The summed E-state index contributed by atoms with van der Waals surface area (Å²) in [5.74, 6) is 0.771. The molecule has 0 fully saturated rings. The number of nitrogens with zero attached hydrogens (tertiary/aromatic N) is 2. The van der Waals surface area contributed by atoms with Gasteiger partial charge in [0.2, 0.25) is 5.91 Å². The van der Waals surface area contributed by atoms with Crippen molar-refractivity contribution in [1.29, 1.82) is 0 Å². The Morgan fingerprint density at radius 3 is 2.86 bits per heavy atom. The zero-order valence-corrected chi connectivity index (χ0v) is 18.9. The van der Waals surface area contributed by atoms with Crippen LogP contribution in [0.2, 0.25) is 0 Å². The Bertz CT molecular complexity index is 1500. The van der Waals surface area contributed by atoms with Gasteiger partial charge in [-0.15, -0.1) is 0 Å². The van der Waals surface area contributed by atoms with E-state index in [-0.39, 0.29) is 17.6 Å². The largest absolute Gasteiger partial charge is 0.493 e. The number of H-pyrrole nitrogens is 1. The lowest BCUT2D eigenvalue weighted by Crippen LogP contribution is -2.39. The number of nitro benzene ring substituents is 1. The molecule has 35 heavy (non-hydrogen) atoms. The second-order valence-electron chi connectivity index (χ2n) is 8.90. The van der Waals surface area contributed by atoms with Crippen molar-refractivity contribution in [3.8, 4) is 5.75 Å². The van der Waals surface area contributed by atoms with E-state index >= 15 is 0 Å². The van der Waals surface area contributed by atoms with Gasteiger partial charge in [-0.1, -0.05) is 36.4 Å². The molecule has 1 amide bonds. The van der Waals surface area contributed by atoms with Gasteiger partial charge in [0.1, 0.15) is 5.75 Å². The van der Waals surface area contributed by atoms with Crippen molar-refractivity contribution < 1.29 is 14.5 Å². The minimum absolute atomic E-state index is 0.00137. The maximum absolute atomic E-state index is 13.5. The number of nitrogens with one attached hydrogen (secondary N) is 1. The number of aromatic amines is 1. The monoisotopic (exact) mass is 465 g/mol. The van der Waals surface area contributed by atoms with Crippen molar-refractivity contribution in [2.45, 2.75) is 18.9 Å². The van der Waals surface area contributed by atoms with Crippen molar-refractivity contribution >= 4 is 28.6 Å². The van der Waals surface area contributed by atoms with Crippen LogP contribution in [0.4, 0.5) is 5.69 Å². The summed E-state index contributed by atoms with van der Waals surface area (Å²) in [5, 5.41) is 12.3. The molecule has 7 nitrogen and oxygen atoms in total. The molecule has 3 aromatic carbocycles. The van der Waals surface area contributed by atoms with E-state index in [9.17, 15) is 14.9 Å². The number of carbonyl (C=O) groups excluding carboxylic acids is 1. The Hall–Kier alpha value is -4.39. The number of hydrogen-bond acceptors (Lipinski definition) is 4. The van der Waals surface area contributed by atoms with E-state index in [1.807, 2.05) is 29.2 Å². The van der Waals surface area contributed by atoms with E-state index in [2.05, 4.69) is 23.2 Å². The number of benzene rings is 3. The van der Waals surface area contributed by atoms with E-state index in [0.717, 1.165) is 40.9 Å². The number of amides is 1. The highest BCUT2D eigenvalue weighted by Gasteiger charge is 2.34. The zero-order chi connectivity index (χ0) is 23.9. The van der Waals surface area contributed by atoms with Gasteiger partial charge >= 0.3 is 0 Å². The number of hydrogen-bond donors (Lipinski definition) is 1. The van der Waals surface area contributed by atoms with Crippen LogP contribution in [0.3, 0.4) is 0 Å². The molecular formula is C28H23N3O4. The van der Waals surface area contributed by atoms with Crippen molar-refractivity contribution in [3.05, 3.63) is 111 Å². The molecular weight excluding hydrogens is 442 g/mol. The summed E-state index contributed by atoms with van der Waals surface area (Å²) in [7, 11) is 0. The van der Waals surface area contributed by atoms with E-state index in [1.54, 1.807) is 18.2 Å². The number of para-hydroxylation sites is 1. The van der Waals surface area contributed by atoms with E-state index in [4.69, 9.17) is 4.74 Å². The van der Waals surface area contributed by atoms with Crippen molar-refractivity contribution in [2.24, 2.45) is 0 Å². The summed E-state index contributed by atoms with van der Waals surface area (Å²) >= 11 is 0. The quantitative estimate of drug-likeness (QED) is 0.255. The fraction of sp³-hybridized carbons (Fsp3) is 0.179. The average Bonchev–Trinajstić information content (AvgIpc) is 3.50. The number of rotatable bonds is 4. The summed E-state index contributed by atoms with van der Waals surface area (Å²) in [4.78, 5) is 29.6. The molecule has 1 aromatic heterocycles. The number of ether oxygens (including phenoxy) is 1. The molecule has 6 rings (SSSR count). The minimum atomic E-state index is -0.436. The highest BCUT2D eigenvalue weighted by molar-refractivity contribution is 5.93. The summed E-state index contributed by atoms with van der Waals surface area (Å²) in [6.07, 6.45) is 4.76. The van der Waals surface area contributed by atoms with Gasteiger partial charge in [-0.2, -0.15) is 0 Å². The topological polar surface area (TPSA) is 88.5 Å². The van der Waals surface area contributed by atoms with Gasteiger partial charge in [0.25, 0.3) is 5.69 Å². The summed E-state index contributed by atoms with van der Waals surface area (Å²) in [5.41, 5.74) is 6.15. The first-order chi connectivity index (χ1) is 17.1. The molecule has 3 heterocycles. The molecule has 0 aliphatic carbocycles. The molecule has 0 unspecified atom stereocenters. The van der Waals surface area contributed by atoms with E-state index < -0.39 is 4.92 Å². The van der Waals surface area contributed by atoms with Crippen LogP contribution >= 0.6 is 0 Å². The summed E-state index contributed by atoms with van der Waals surface area (Å²) in [6, 6.07) is 20.4. The number of non-ortho nitro benzene ring substituents is 1. The standard InChI is InChI=1S/C28H23N3O4/c32-26(11-8-18-4-3-5-21(16-18)31(33)34)30-14-12-23-22-6-1-2-7-24(22)29-27(23)28(30)20-9-10-25-19(17-20)13-15-35-25/h1-11,16-17,28-29H,12-15H2/b11-8+/t28-/m0/s1. The minimum Gasteiger partial charge on any atom is -0.493 e. The van der Waals surface area contributed by atoms with Crippen LogP contribution in [0.25, 0.3) is 17.0 Å². The van der Waals surface area contributed by atoms with Gasteiger partial charge in [0.15, 0.2) is 0 Å². The normalized spacial score (nSPS) is 16.8. The predicted molar refractivity (Wildman–Crippen MR) is 133 cm³/mol. The van der Waals surface area contributed by atoms with Crippen LogP contribution in [0.15, 0.2) is 72.8 Å². The highest BCUT2D eigenvalue weighted by Crippen LogP contribution is 2.40. The second-order valence-corrected chi connectivity index (χ2v) is 8.90. The van der Waals surface area contributed by atoms with Gasteiger partial charge in [0, 0.05) is 47.8 Å². The third-order valence-electron chi connectivity index (χ3n) is 6.85. The molecule has 1 atom stereocenters. The maximum atomic E-state index is 13.5. The first-order valence-corrected chi connectivity index (χ1v) is 11.7. The Morgan fingerprint density at radius 2 is 1.97 bits per heavy atom. The summed E-state index contributed by atoms with van der Waals surface area (Å²) in [6.45, 7) is 1.25. The predicted octanol–water partition coefficient (Wildman–Crippen LogP) is 5.20. The molecule has 174 valence electrons. The Kier molecular flexibility index (Phi) is 5.10. The Balaban J connectivity index is 1.40. The first-order valence-electron chi connectivity index (χ1n) is 11.7. The van der Waals surface area contributed by atoms with E-state index in [1.165, 1.54) is 29.2 Å². The van der Waals surface area contributed by atoms with Gasteiger partial charge in [-0.25, -0.2) is 0 Å². The zero-order valence-electron chi connectivity index (χ0n) is 18.9. The molecule has 0 radical (unpaired) electrons. The second kappa shape index (κ2) is 8.43. The first kappa shape index (κ1) is 21.2. The molecule has 0 bridgehead atoms. The Morgan fingerprint density at radius 1 is 1.09 bits per heavy atom. The molecule has 0 spiro atoms. The smallest absolute Gasteiger partial charge is 0.270 e. The van der Waals surface area contributed by atoms with Crippen LogP contribution in [-0.2, 0) is 17.6 Å². The molecule has 7 heteroatoms. The van der Waals surface area contributed by atoms with Crippen molar-refractivity contribution in [2.75, 3.05) is 13.2 Å². The number of carbonyl (C=O) groups is 1. The van der Waals surface area contributed by atoms with Gasteiger partial charge in [0.05, 0.1) is 17.6 Å². The molecule has 4 aromatic rings. The van der Waals surface area contributed by atoms with Crippen molar-refractivity contribution in [3.63, 3.8) is 0 Å². The van der Waals surface area contributed by atoms with Crippen LogP contribution in [0.5, 0.6) is 5.75 Å².